The summed E-state index contributed by atoms with van der Waals surface area (Å²) in [6.07, 6.45) is 0. The van der Waals surface area contributed by atoms with Crippen molar-refractivity contribution < 1.29 is 27.1 Å². The number of sulfonamides is 1. The molecule has 40 heavy (non-hydrogen) atoms. The first kappa shape index (κ1) is 30.6. The Balaban J connectivity index is 2.04. The third-order valence-electron chi connectivity index (χ3n) is 6.16. The van der Waals surface area contributed by atoms with Gasteiger partial charge in [-0.25, -0.2) is 12.8 Å². The molecule has 0 saturated heterocycles. The van der Waals surface area contributed by atoms with Crippen LogP contribution < -0.4 is 14.4 Å². The lowest BCUT2D eigenvalue weighted by Crippen LogP contribution is -2.51. The van der Waals surface area contributed by atoms with Gasteiger partial charge in [-0.15, -0.1) is 0 Å². The molecule has 1 atom stereocenters. The lowest BCUT2D eigenvalue weighted by Gasteiger charge is -2.32. The highest BCUT2D eigenvalue weighted by atomic mass is 32.2. The lowest BCUT2D eigenvalue weighted by atomic mass is 10.1. The Morgan fingerprint density at radius 3 is 2.17 bits per heavy atom. The van der Waals surface area contributed by atoms with Crippen LogP contribution in [-0.2, 0) is 26.2 Å². The highest BCUT2D eigenvalue weighted by molar-refractivity contribution is 7.92. The molecule has 8 nitrogen and oxygen atoms in total. The number of halogens is 1. The normalized spacial score (nSPS) is 12.1. The molecular weight excluding hydrogens is 533 g/mol. The molecule has 214 valence electrons. The Labute approximate surface area is 235 Å². The Morgan fingerprint density at radius 2 is 1.55 bits per heavy atom. The van der Waals surface area contributed by atoms with Gasteiger partial charge in [0.1, 0.15) is 24.2 Å². The van der Waals surface area contributed by atoms with Crippen LogP contribution in [0.25, 0.3) is 0 Å². The van der Waals surface area contributed by atoms with Crippen molar-refractivity contribution in [2.75, 3.05) is 24.0 Å². The van der Waals surface area contributed by atoms with Crippen molar-refractivity contribution in [3.05, 3.63) is 90.2 Å². The summed E-state index contributed by atoms with van der Waals surface area (Å²) in [6.45, 7) is 7.35. The Hall–Kier alpha value is -3.92. The average Bonchev–Trinajstić information content (AvgIpc) is 2.94. The number of anilines is 1. The van der Waals surface area contributed by atoms with Gasteiger partial charge in [0.15, 0.2) is 0 Å². The molecule has 1 N–H and O–H groups in total. The van der Waals surface area contributed by atoms with Crippen LogP contribution in [0.3, 0.4) is 0 Å². The number of benzene rings is 3. The number of ether oxygens (including phenoxy) is 1. The number of hydrogen-bond acceptors (Lipinski definition) is 5. The Kier molecular flexibility index (Phi) is 10.7. The zero-order chi connectivity index (χ0) is 29.3. The first-order valence-corrected chi connectivity index (χ1v) is 14.6. The third-order valence-corrected chi connectivity index (χ3v) is 7.94. The lowest BCUT2D eigenvalue weighted by molar-refractivity contribution is -0.139. The molecule has 0 unspecified atom stereocenters. The number of hydrogen-bond donors (Lipinski definition) is 1. The SMILES string of the molecule is CCOc1ccccc1N(CC(=O)N(Cc1ccc(F)cc1)[C@H](C)C(=O)NCC(C)C)S(=O)(=O)c1ccccc1. The van der Waals surface area contributed by atoms with Gasteiger partial charge in [0.25, 0.3) is 10.0 Å². The van der Waals surface area contributed by atoms with Crippen LogP contribution in [0.4, 0.5) is 10.1 Å². The first-order valence-electron chi connectivity index (χ1n) is 13.2. The number of carbonyl (C=O) groups excluding carboxylic acids is 2. The second-order valence-electron chi connectivity index (χ2n) is 9.69. The molecule has 3 rings (SSSR count). The molecule has 3 aromatic carbocycles. The quantitative estimate of drug-likeness (QED) is 0.324. The van der Waals surface area contributed by atoms with E-state index in [0.717, 1.165) is 4.31 Å². The fraction of sp³-hybridized carbons (Fsp3) is 0.333. The fourth-order valence-corrected chi connectivity index (χ4v) is 5.44. The van der Waals surface area contributed by atoms with E-state index in [2.05, 4.69) is 5.32 Å². The van der Waals surface area contributed by atoms with Crippen molar-refractivity contribution >= 4 is 27.5 Å². The van der Waals surface area contributed by atoms with Gasteiger partial charge in [-0.2, -0.15) is 0 Å². The summed E-state index contributed by atoms with van der Waals surface area (Å²) in [7, 11) is -4.21. The maximum absolute atomic E-state index is 14.0. The monoisotopic (exact) mass is 569 g/mol. The van der Waals surface area contributed by atoms with E-state index in [0.29, 0.717) is 17.9 Å². The average molecular weight is 570 g/mol. The molecule has 2 amide bonds. The molecule has 0 spiro atoms. The molecular formula is C30H36FN3O5S. The van der Waals surface area contributed by atoms with Gasteiger partial charge < -0.3 is 15.0 Å². The predicted molar refractivity (Wildman–Crippen MR) is 153 cm³/mol. The van der Waals surface area contributed by atoms with Gasteiger partial charge in [0, 0.05) is 13.1 Å². The molecule has 0 aliphatic rings. The summed E-state index contributed by atoms with van der Waals surface area (Å²) >= 11 is 0. The molecule has 0 radical (unpaired) electrons. The smallest absolute Gasteiger partial charge is 0.264 e. The van der Waals surface area contributed by atoms with Crippen LogP contribution in [-0.4, -0.2) is 50.9 Å². The van der Waals surface area contributed by atoms with Crippen molar-refractivity contribution in [1.29, 1.82) is 0 Å². The molecule has 3 aromatic rings. The van der Waals surface area contributed by atoms with Gasteiger partial charge in [-0.05, 0) is 61.7 Å². The number of nitrogens with one attached hydrogen (secondary N) is 1. The highest BCUT2D eigenvalue weighted by Gasteiger charge is 2.33. The van der Waals surface area contributed by atoms with Crippen molar-refractivity contribution in [1.82, 2.24) is 10.2 Å². The van der Waals surface area contributed by atoms with E-state index in [1.807, 2.05) is 13.8 Å². The van der Waals surface area contributed by atoms with E-state index < -0.39 is 34.3 Å². The minimum absolute atomic E-state index is 0.00177. The van der Waals surface area contributed by atoms with Crippen molar-refractivity contribution in [3.8, 4) is 5.75 Å². The van der Waals surface area contributed by atoms with E-state index in [9.17, 15) is 22.4 Å². The molecule has 0 fully saturated rings. The van der Waals surface area contributed by atoms with E-state index in [1.165, 1.54) is 41.3 Å². The number of rotatable bonds is 13. The zero-order valence-corrected chi connectivity index (χ0v) is 24.0. The van der Waals surface area contributed by atoms with Crippen LogP contribution in [0.15, 0.2) is 83.8 Å². The van der Waals surface area contributed by atoms with Crippen molar-refractivity contribution in [3.63, 3.8) is 0 Å². The maximum atomic E-state index is 14.0. The summed E-state index contributed by atoms with van der Waals surface area (Å²) in [4.78, 5) is 28.3. The maximum Gasteiger partial charge on any atom is 0.264 e. The van der Waals surface area contributed by atoms with Crippen molar-refractivity contribution in [2.45, 2.75) is 45.2 Å². The number of carbonyl (C=O) groups is 2. The Morgan fingerprint density at radius 1 is 0.925 bits per heavy atom. The molecule has 0 aliphatic carbocycles. The van der Waals surface area contributed by atoms with Crippen LogP contribution in [0.1, 0.15) is 33.3 Å². The van der Waals surface area contributed by atoms with Crippen LogP contribution in [0.2, 0.25) is 0 Å². The second-order valence-corrected chi connectivity index (χ2v) is 11.6. The highest BCUT2D eigenvalue weighted by Crippen LogP contribution is 2.32. The molecule has 0 aliphatic heterocycles. The van der Waals surface area contributed by atoms with Crippen molar-refractivity contribution in [2.24, 2.45) is 5.92 Å². The molecule has 0 saturated carbocycles. The minimum Gasteiger partial charge on any atom is -0.492 e. The first-order chi connectivity index (χ1) is 19.0. The number of nitrogens with zero attached hydrogens (tertiary/aromatic N) is 2. The Bertz CT molecular complexity index is 1380. The van der Waals surface area contributed by atoms with Crippen LogP contribution in [0, 0.1) is 11.7 Å². The second kappa shape index (κ2) is 13.9. The molecule has 0 heterocycles. The molecule has 10 heteroatoms. The standard InChI is InChI=1S/C30H36FN3O5S/c1-5-39-28-14-10-9-13-27(28)34(40(37,38)26-11-7-6-8-12-26)21-29(35)33(20-24-15-17-25(31)18-16-24)23(4)30(36)32-19-22(2)3/h6-18,22-23H,5,19-21H2,1-4H3,(H,32,36)/t23-/m1/s1. The summed E-state index contributed by atoms with van der Waals surface area (Å²) < 4.78 is 48.1. The topological polar surface area (TPSA) is 96.0 Å². The predicted octanol–water partition coefficient (Wildman–Crippen LogP) is 4.61. The van der Waals surface area contributed by atoms with Crippen LogP contribution in [0.5, 0.6) is 5.75 Å². The number of amides is 2. The van der Waals surface area contributed by atoms with E-state index in [4.69, 9.17) is 4.74 Å². The molecule has 0 aromatic heterocycles. The summed E-state index contributed by atoms with van der Waals surface area (Å²) in [6, 6.07) is 19.0. The van der Waals surface area contributed by atoms with Gasteiger partial charge >= 0.3 is 0 Å². The third kappa shape index (κ3) is 7.81. The summed E-state index contributed by atoms with van der Waals surface area (Å²) in [5, 5.41) is 2.83. The zero-order valence-electron chi connectivity index (χ0n) is 23.2. The van der Waals surface area contributed by atoms with E-state index in [-0.39, 0.29) is 35.6 Å². The number of para-hydroxylation sites is 2. The van der Waals surface area contributed by atoms with Gasteiger partial charge in [-0.3, -0.25) is 13.9 Å². The minimum atomic E-state index is -4.21. The molecule has 0 bridgehead atoms. The fourth-order valence-electron chi connectivity index (χ4n) is 4.00. The largest absolute Gasteiger partial charge is 0.492 e. The van der Waals surface area contributed by atoms with Crippen LogP contribution >= 0.6 is 0 Å². The summed E-state index contributed by atoms with van der Waals surface area (Å²) in [5.41, 5.74) is 0.783. The van der Waals surface area contributed by atoms with Gasteiger partial charge in [0.2, 0.25) is 11.8 Å². The van der Waals surface area contributed by atoms with Gasteiger partial charge in [-0.1, -0.05) is 56.3 Å². The van der Waals surface area contributed by atoms with Gasteiger partial charge in [0.05, 0.1) is 17.2 Å². The summed E-state index contributed by atoms with van der Waals surface area (Å²) in [5.74, 6) is -0.931. The van der Waals surface area contributed by atoms with E-state index >= 15 is 0 Å². The van der Waals surface area contributed by atoms with E-state index in [1.54, 1.807) is 56.3 Å².